The van der Waals surface area contributed by atoms with Crippen molar-refractivity contribution in [2.45, 2.75) is 25.2 Å². The van der Waals surface area contributed by atoms with E-state index < -0.39 is 0 Å². The van der Waals surface area contributed by atoms with Crippen molar-refractivity contribution >= 4 is 23.9 Å². The highest BCUT2D eigenvalue weighted by Gasteiger charge is 2.34. The quantitative estimate of drug-likeness (QED) is 0.588. The van der Waals surface area contributed by atoms with Crippen molar-refractivity contribution in [1.29, 1.82) is 0 Å². The number of nitrogens with zero attached hydrogens (tertiary/aromatic N) is 4. The van der Waals surface area contributed by atoms with Gasteiger partial charge < -0.3 is 20.1 Å². The number of carboxylic acid groups (broad SMARTS) is 1. The van der Waals surface area contributed by atoms with Gasteiger partial charge in [-0.25, -0.2) is 0 Å². The molecular weight excluding hydrogens is 422 g/mol. The van der Waals surface area contributed by atoms with Crippen molar-refractivity contribution < 1.29 is 19.4 Å². The molecule has 1 amide bonds. The molecule has 1 aromatic carbocycles. The van der Waals surface area contributed by atoms with Gasteiger partial charge in [-0.3, -0.25) is 19.3 Å². The van der Waals surface area contributed by atoms with Gasteiger partial charge in [0, 0.05) is 44.2 Å². The monoisotopic (exact) mass is 449 g/mol. The molecule has 3 aromatic rings. The molecule has 1 fully saturated rings. The van der Waals surface area contributed by atoms with Crippen LogP contribution in [0.25, 0.3) is 11.4 Å². The van der Waals surface area contributed by atoms with Crippen molar-refractivity contribution in [2.24, 2.45) is 7.05 Å². The van der Waals surface area contributed by atoms with E-state index in [0.29, 0.717) is 6.42 Å². The average Bonchev–Trinajstić information content (AvgIpc) is 3.48. The van der Waals surface area contributed by atoms with Gasteiger partial charge in [-0.1, -0.05) is 12.1 Å². The number of pyridine rings is 1. The van der Waals surface area contributed by atoms with Crippen molar-refractivity contribution in [1.82, 2.24) is 14.8 Å². The van der Waals surface area contributed by atoms with Crippen LogP contribution in [-0.2, 0) is 16.6 Å². The van der Waals surface area contributed by atoms with E-state index in [9.17, 15) is 4.79 Å². The molecule has 2 aliphatic rings. The largest absolute Gasteiger partial charge is 0.495 e. The fourth-order valence-corrected chi connectivity index (χ4v) is 4.60. The zero-order chi connectivity index (χ0) is 23.4. The minimum absolute atomic E-state index is 0.00865. The number of carbonyl (C=O) groups excluding carboxylic acids is 1. The van der Waals surface area contributed by atoms with E-state index in [2.05, 4.69) is 33.4 Å². The van der Waals surface area contributed by atoms with E-state index in [0.717, 1.165) is 52.9 Å². The van der Waals surface area contributed by atoms with Gasteiger partial charge in [-0.15, -0.1) is 0 Å². The summed E-state index contributed by atoms with van der Waals surface area (Å²) in [6, 6.07) is 12.1. The first-order chi connectivity index (χ1) is 16.1. The van der Waals surface area contributed by atoms with Crippen LogP contribution in [0.1, 0.15) is 36.3 Å². The molecule has 33 heavy (non-hydrogen) atoms. The van der Waals surface area contributed by atoms with Crippen LogP contribution < -0.4 is 15.0 Å². The minimum Gasteiger partial charge on any atom is -0.495 e. The summed E-state index contributed by atoms with van der Waals surface area (Å²) in [5.74, 6) is 1.47. The summed E-state index contributed by atoms with van der Waals surface area (Å²) in [7, 11) is 3.56. The maximum atomic E-state index is 12.5. The number of methoxy groups -OCH3 is 1. The molecule has 2 aromatic heterocycles. The third-order valence-corrected chi connectivity index (χ3v) is 6.04. The molecule has 2 N–H and O–H groups in total. The SMILES string of the molecule is COc1cc(C2CC(=O)Nc3c2c(-c2ccccn2)nn3C)ccc1N1CCCC1.O=CO. The second-order valence-electron chi connectivity index (χ2n) is 7.99. The number of aryl methyl sites for hydroxylation is 1. The predicted octanol–water partition coefficient (Wildman–Crippen LogP) is 3.27. The number of nitrogens with one attached hydrogen (secondary N) is 1. The van der Waals surface area contributed by atoms with Gasteiger partial charge in [0.25, 0.3) is 6.47 Å². The van der Waals surface area contributed by atoms with E-state index in [-0.39, 0.29) is 18.3 Å². The van der Waals surface area contributed by atoms with Gasteiger partial charge in [-0.05, 0) is 42.7 Å². The summed E-state index contributed by atoms with van der Waals surface area (Å²) >= 11 is 0. The van der Waals surface area contributed by atoms with Gasteiger partial charge >= 0.3 is 0 Å². The fourth-order valence-electron chi connectivity index (χ4n) is 4.60. The van der Waals surface area contributed by atoms with Gasteiger partial charge in [0.1, 0.15) is 17.3 Å². The number of benzene rings is 1. The first-order valence-electron chi connectivity index (χ1n) is 10.9. The van der Waals surface area contributed by atoms with E-state index in [1.54, 1.807) is 18.0 Å². The molecule has 0 saturated carbocycles. The highest BCUT2D eigenvalue weighted by molar-refractivity contribution is 5.96. The molecule has 0 spiro atoms. The van der Waals surface area contributed by atoms with Crippen LogP contribution in [0.4, 0.5) is 11.5 Å². The Bertz CT molecular complexity index is 1140. The number of amides is 1. The molecule has 9 heteroatoms. The lowest BCUT2D eigenvalue weighted by atomic mass is 9.84. The normalized spacial score (nSPS) is 17.0. The number of carbonyl (C=O) groups is 2. The summed E-state index contributed by atoms with van der Waals surface area (Å²) in [5.41, 5.74) is 4.79. The second kappa shape index (κ2) is 9.72. The lowest BCUT2D eigenvalue weighted by molar-refractivity contribution is -0.123. The van der Waals surface area contributed by atoms with Gasteiger partial charge in [0.15, 0.2) is 0 Å². The molecule has 1 unspecified atom stereocenters. The Kier molecular flexibility index (Phi) is 6.58. The van der Waals surface area contributed by atoms with Crippen LogP contribution in [0, 0.1) is 0 Å². The minimum atomic E-state index is -0.250. The van der Waals surface area contributed by atoms with Crippen molar-refractivity contribution in [3.05, 3.63) is 53.7 Å². The number of hydrogen-bond acceptors (Lipinski definition) is 6. The van der Waals surface area contributed by atoms with Crippen LogP contribution in [-0.4, -0.2) is 52.4 Å². The number of fused-ring (bicyclic) bond motifs is 1. The van der Waals surface area contributed by atoms with Crippen molar-refractivity contribution in [2.75, 3.05) is 30.4 Å². The lowest BCUT2D eigenvalue weighted by Crippen LogP contribution is -2.25. The first kappa shape index (κ1) is 22.3. The summed E-state index contributed by atoms with van der Waals surface area (Å²) in [6.45, 7) is 1.86. The van der Waals surface area contributed by atoms with E-state index in [1.807, 2.05) is 25.2 Å². The fraction of sp³-hybridized carbons (Fsp3) is 0.333. The number of aromatic nitrogens is 3. The molecule has 4 heterocycles. The van der Waals surface area contributed by atoms with Gasteiger partial charge in [-0.2, -0.15) is 5.10 Å². The van der Waals surface area contributed by atoms with E-state index in [1.165, 1.54) is 12.8 Å². The molecule has 5 rings (SSSR count). The summed E-state index contributed by atoms with van der Waals surface area (Å²) in [6.07, 6.45) is 4.55. The molecular formula is C24H27N5O4. The Morgan fingerprint density at radius 2 is 1.97 bits per heavy atom. The molecule has 0 bridgehead atoms. The molecule has 0 radical (unpaired) electrons. The molecule has 1 atom stereocenters. The van der Waals surface area contributed by atoms with Crippen molar-refractivity contribution in [3.63, 3.8) is 0 Å². The van der Waals surface area contributed by atoms with Crippen LogP contribution >= 0.6 is 0 Å². The number of ether oxygens (including phenoxy) is 1. The Balaban J connectivity index is 0.000000821. The third-order valence-electron chi connectivity index (χ3n) is 6.04. The van der Waals surface area contributed by atoms with E-state index in [4.69, 9.17) is 19.7 Å². The topological polar surface area (TPSA) is 110 Å². The predicted molar refractivity (Wildman–Crippen MR) is 125 cm³/mol. The summed E-state index contributed by atoms with van der Waals surface area (Å²) < 4.78 is 7.48. The third kappa shape index (κ3) is 4.39. The summed E-state index contributed by atoms with van der Waals surface area (Å²) in [4.78, 5) is 27.8. The highest BCUT2D eigenvalue weighted by atomic mass is 16.5. The second-order valence-corrected chi connectivity index (χ2v) is 7.99. The van der Waals surface area contributed by atoms with Gasteiger partial charge in [0.05, 0.1) is 18.5 Å². The van der Waals surface area contributed by atoms with Crippen LogP contribution in [0.5, 0.6) is 5.75 Å². The summed E-state index contributed by atoms with van der Waals surface area (Å²) in [5, 5.41) is 14.6. The number of rotatable bonds is 4. The Hall–Kier alpha value is -3.88. The first-order valence-corrected chi connectivity index (χ1v) is 10.9. The maximum Gasteiger partial charge on any atom is 0.290 e. The number of hydrogen-bond donors (Lipinski definition) is 2. The lowest BCUT2D eigenvalue weighted by Gasteiger charge is -2.26. The molecule has 0 aliphatic carbocycles. The molecule has 2 aliphatic heterocycles. The van der Waals surface area contributed by atoms with Gasteiger partial charge in [0.2, 0.25) is 5.91 Å². The van der Waals surface area contributed by atoms with Crippen LogP contribution in [0.2, 0.25) is 0 Å². The molecule has 1 saturated heterocycles. The highest BCUT2D eigenvalue weighted by Crippen LogP contribution is 2.44. The molecule has 9 nitrogen and oxygen atoms in total. The number of anilines is 2. The average molecular weight is 450 g/mol. The Morgan fingerprint density at radius 1 is 1.21 bits per heavy atom. The van der Waals surface area contributed by atoms with Crippen molar-refractivity contribution in [3.8, 4) is 17.1 Å². The Morgan fingerprint density at radius 3 is 2.64 bits per heavy atom. The zero-order valence-electron chi connectivity index (χ0n) is 18.7. The standard InChI is InChI=1S/C23H25N5O2.CH2O2/c1-27-23-21(22(26-27)17-7-3-4-10-24-17)16(14-20(29)25-23)15-8-9-18(19(13-15)30-2)28-11-5-6-12-28;2-1-3/h3-4,7-10,13,16H,5-6,11-12,14H2,1-2H3,(H,25,29);1H,(H,2,3). The van der Waals surface area contributed by atoms with Crippen LogP contribution in [0.15, 0.2) is 42.6 Å². The Labute approximate surface area is 192 Å². The molecule has 172 valence electrons. The van der Waals surface area contributed by atoms with E-state index >= 15 is 0 Å². The maximum absolute atomic E-state index is 12.5. The zero-order valence-corrected chi connectivity index (χ0v) is 18.7. The smallest absolute Gasteiger partial charge is 0.290 e. The van der Waals surface area contributed by atoms with Crippen LogP contribution in [0.3, 0.4) is 0 Å².